The molecule has 1 aromatic heterocycles. The van der Waals surface area contributed by atoms with Gasteiger partial charge in [-0.1, -0.05) is 6.92 Å². The molecule has 0 aliphatic carbocycles. The molecule has 4 heteroatoms. The molecule has 0 fully saturated rings. The van der Waals surface area contributed by atoms with Crippen LogP contribution in [-0.2, 0) is 0 Å². The first-order valence-electron chi connectivity index (χ1n) is 5.50. The van der Waals surface area contributed by atoms with Crippen molar-refractivity contribution >= 4 is 17.2 Å². The Morgan fingerprint density at radius 3 is 2.75 bits per heavy atom. The van der Waals surface area contributed by atoms with Crippen LogP contribution in [0.4, 0.5) is 0 Å². The van der Waals surface area contributed by atoms with Gasteiger partial charge in [-0.3, -0.25) is 4.79 Å². The van der Waals surface area contributed by atoms with E-state index in [9.17, 15) is 4.79 Å². The van der Waals surface area contributed by atoms with Crippen molar-refractivity contribution in [1.29, 1.82) is 0 Å². The van der Waals surface area contributed by atoms with Gasteiger partial charge in [0.25, 0.3) is 5.91 Å². The fourth-order valence-electron chi connectivity index (χ4n) is 1.54. The van der Waals surface area contributed by atoms with E-state index in [0.717, 1.165) is 21.7 Å². The third-order valence-corrected chi connectivity index (χ3v) is 3.48. The summed E-state index contributed by atoms with van der Waals surface area (Å²) in [5.74, 6) is 0.306. The molecule has 0 saturated carbocycles. The first kappa shape index (κ1) is 13.2. The molecule has 1 amide bonds. The van der Waals surface area contributed by atoms with Crippen molar-refractivity contribution in [2.75, 3.05) is 13.2 Å². The lowest BCUT2D eigenvalue weighted by molar-refractivity contribution is 0.0945. The van der Waals surface area contributed by atoms with Crippen LogP contribution in [0.15, 0.2) is 6.07 Å². The zero-order chi connectivity index (χ0) is 12.1. The van der Waals surface area contributed by atoms with E-state index in [1.54, 1.807) is 11.3 Å². The second-order valence-corrected chi connectivity index (χ2v) is 5.61. The topological polar surface area (TPSA) is 49.3 Å². The Bertz CT molecular complexity index is 360. The van der Waals surface area contributed by atoms with E-state index >= 15 is 0 Å². The van der Waals surface area contributed by atoms with E-state index in [1.165, 1.54) is 0 Å². The Balaban J connectivity index is 2.50. The van der Waals surface area contributed by atoms with Gasteiger partial charge in [0.15, 0.2) is 0 Å². The molecule has 2 N–H and O–H groups in total. The third-order valence-electron chi connectivity index (χ3n) is 2.52. The number of nitrogens with one attached hydrogen (secondary N) is 1. The van der Waals surface area contributed by atoms with Gasteiger partial charge in [-0.15, -0.1) is 11.3 Å². The standard InChI is InChI=1S/C12H19NO2S/c1-8(4-5-14)7-13-12(15)11-6-9(2)16-10(11)3/h6,8,14H,4-5,7H2,1-3H3,(H,13,15). The van der Waals surface area contributed by atoms with Crippen molar-refractivity contribution in [1.82, 2.24) is 5.32 Å². The fraction of sp³-hybridized carbons (Fsp3) is 0.583. The molecule has 90 valence electrons. The van der Waals surface area contributed by atoms with E-state index in [4.69, 9.17) is 5.11 Å². The Kier molecular flexibility index (Phi) is 4.96. The molecular formula is C12H19NO2S. The number of hydrogen-bond acceptors (Lipinski definition) is 3. The second-order valence-electron chi connectivity index (χ2n) is 4.15. The summed E-state index contributed by atoms with van der Waals surface area (Å²) in [4.78, 5) is 14.0. The number of amides is 1. The summed E-state index contributed by atoms with van der Waals surface area (Å²) >= 11 is 1.64. The minimum atomic E-state index is -0.00774. The average Bonchev–Trinajstić information content (AvgIpc) is 2.55. The number of thiophene rings is 1. The lowest BCUT2D eigenvalue weighted by atomic mass is 10.1. The summed E-state index contributed by atoms with van der Waals surface area (Å²) in [5, 5.41) is 11.6. The molecule has 1 heterocycles. The Morgan fingerprint density at radius 1 is 1.56 bits per heavy atom. The maximum absolute atomic E-state index is 11.8. The van der Waals surface area contributed by atoms with Gasteiger partial charge >= 0.3 is 0 Å². The fourth-order valence-corrected chi connectivity index (χ4v) is 2.46. The molecule has 0 aliphatic rings. The van der Waals surface area contributed by atoms with E-state index in [2.05, 4.69) is 5.32 Å². The predicted octanol–water partition coefficient (Wildman–Crippen LogP) is 2.11. The number of aryl methyl sites for hydroxylation is 2. The predicted molar refractivity (Wildman–Crippen MR) is 67.0 cm³/mol. The van der Waals surface area contributed by atoms with Crippen LogP contribution in [0, 0.1) is 19.8 Å². The number of carbonyl (C=O) groups excluding carboxylic acids is 1. The molecule has 16 heavy (non-hydrogen) atoms. The molecule has 0 aromatic carbocycles. The minimum Gasteiger partial charge on any atom is -0.396 e. The second kappa shape index (κ2) is 6.01. The molecule has 1 unspecified atom stereocenters. The summed E-state index contributed by atoms with van der Waals surface area (Å²) in [6, 6.07) is 1.92. The van der Waals surface area contributed by atoms with Crippen molar-refractivity contribution in [2.45, 2.75) is 27.2 Å². The molecule has 3 nitrogen and oxygen atoms in total. The lowest BCUT2D eigenvalue weighted by Gasteiger charge is -2.10. The van der Waals surface area contributed by atoms with E-state index in [1.807, 2.05) is 26.8 Å². The van der Waals surface area contributed by atoms with Crippen molar-refractivity contribution in [3.05, 3.63) is 21.4 Å². The summed E-state index contributed by atoms with van der Waals surface area (Å²) in [6.45, 7) is 6.77. The summed E-state index contributed by atoms with van der Waals surface area (Å²) in [5.41, 5.74) is 0.777. The maximum Gasteiger partial charge on any atom is 0.252 e. The van der Waals surface area contributed by atoms with Gasteiger partial charge in [0.05, 0.1) is 5.56 Å². The highest BCUT2D eigenvalue weighted by molar-refractivity contribution is 7.12. The molecule has 0 aliphatic heterocycles. The normalized spacial score (nSPS) is 12.5. The number of rotatable bonds is 5. The Morgan fingerprint density at radius 2 is 2.25 bits per heavy atom. The highest BCUT2D eigenvalue weighted by atomic mass is 32.1. The number of hydrogen-bond donors (Lipinski definition) is 2. The molecule has 0 bridgehead atoms. The van der Waals surface area contributed by atoms with Crippen molar-refractivity contribution in [2.24, 2.45) is 5.92 Å². The van der Waals surface area contributed by atoms with Crippen LogP contribution in [0.2, 0.25) is 0 Å². The van der Waals surface area contributed by atoms with Gasteiger partial charge in [-0.2, -0.15) is 0 Å². The third kappa shape index (κ3) is 3.61. The van der Waals surface area contributed by atoms with E-state index < -0.39 is 0 Å². The van der Waals surface area contributed by atoms with Gasteiger partial charge < -0.3 is 10.4 Å². The molecule has 0 radical (unpaired) electrons. The molecule has 1 aromatic rings. The minimum absolute atomic E-state index is 0.00774. The van der Waals surface area contributed by atoms with Gasteiger partial charge in [-0.25, -0.2) is 0 Å². The van der Waals surface area contributed by atoms with Gasteiger partial charge in [0, 0.05) is 22.9 Å². The van der Waals surface area contributed by atoms with Crippen LogP contribution in [0.1, 0.15) is 33.5 Å². The van der Waals surface area contributed by atoms with Crippen LogP contribution in [0.25, 0.3) is 0 Å². The first-order chi connectivity index (χ1) is 7.54. The lowest BCUT2D eigenvalue weighted by Crippen LogP contribution is -2.28. The Labute approximate surface area is 100 Å². The number of aliphatic hydroxyl groups excluding tert-OH is 1. The SMILES string of the molecule is Cc1cc(C(=O)NCC(C)CCO)c(C)s1. The Hall–Kier alpha value is -0.870. The highest BCUT2D eigenvalue weighted by Gasteiger charge is 2.12. The zero-order valence-corrected chi connectivity index (χ0v) is 10.9. The van der Waals surface area contributed by atoms with Crippen LogP contribution in [-0.4, -0.2) is 24.2 Å². The van der Waals surface area contributed by atoms with Gasteiger partial charge in [0.2, 0.25) is 0 Å². The van der Waals surface area contributed by atoms with Crippen LogP contribution < -0.4 is 5.32 Å². The van der Waals surface area contributed by atoms with Crippen LogP contribution in [0.5, 0.6) is 0 Å². The summed E-state index contributed by atoms with van der Waals surface area (Å²) < 4.78 is 0. The molecule has 1 rings (SSSR count). The maximum atomic E-state index is 11.8. The molecule has 0 saturated heterocycles. The van der Waals surface area contributed by atoms with E-state index in [-0.39, 0.29) is 12.5 Å². The number of carbonyl (C=O) groups is 1. The summed E-state index contributed by atoms with van der Waals surface area (Å²) in [6.07, 6.45) is 0.724. The van der Waals surface area contributed by atoms with E-state index in [0.29, 0.717) is 12.5 Å². The van der Waals surface area contributed by atoms with Gasteiger partial charge in [-0.05, 0) is 32.3 Å². The van der Waals surface area contributed by atoms with Crippen LogP contribution in [0.3, 0.4) is 0 Å². The average molecular weight is 241 g/mol. The largest absolute Gasteiger partial charge is 0.396 e. The van der Waals surface area contributed by atoms with Crippen LogP contribution >= 0.6 is 11.3 Å². The number of aliphatic hydroxyl groups is 1. The molecule has 1 atom stereocenters. The highest BCUT2D eigenvalue weighted by Crippen LogP contribution is 2.20. The monoisotopic (exact) mass is 241 g/mol. The van der Waals surface area contributed by atoms with Crippen molar-refractivity contribution in [3.63, 3.8) is 0 Å². The van der Waals surface area contributed by atoms with Gasteiger partial charge in [0.1, 0.15) is 0 Å². The zero-order valence-electron chi connectivity index (χ0n) is 10.0. The first-order valence-corrected chi connectivity index (χ1v) is 6.32. The summed E-state index contributed by atoms with van der Waals surface area (Å²) in [7, 11) is 0. The van der Waals surface area contributed by atoms with Crippen molar-refractivity contribution < 1.29 is 9.90 Å². The smallest absolute Gasteiger partial charge is 0.252 e. The molecule has 0 spiro atoms. The molecular weight excluding hydrogens is 222 g/mol. The van der Waals surface area contributed by atoms with Crippen molar-refractivity contribution in [3.8, 4) is 0 Å². The quantitative estimate of drug-likeness (QED) is 0.829.